The molecule has 2 amide bonds. The molecule has 7 nitrogen and oxygen atoms in total. The van der Waals surface area contributed by atoms with Gasteiger partial charge in [0.15, 0.2) is 5.82 Å². The van der Waals surface area contributed by atoms with Crippen LogP contribution in [0.15, 0.2) is 33.4 Å². The van der Waals surface area contributed by atoms with Crippen molar-refractivity contribution in [3.05, 3.63) is 36.0 Å². The SMILES string of the molecule is Cc1cc(NC(=O)N(Cc2ccco2)C2CCN(C)CC2)no1. The number of urea groups is 1. The number of aromatic nitrogens is 1. The molecule has 1 N–H and O–H groups in total. The summed E-state index contributed by atoms with van der Waals surface area (Å²) in [6.07, 6.45) is 3.52. The van der Waals surface area contributed by atoms with Crippen molar-refractivity contribution in [3.8, 4) is 0 Å². The van der Waals surface area contributed by atoms with Crippen molar-refractivity contribution in [1.82, 2.24) is 15.0 Å². The zero-order valence-electron chi connectivity index (χ0n) is 13.5. The Kier molecular flexibility index (Phi) is 4.66. The fourth-order valence-corrected chi connectivity index (χ4v) is 2.85. The molecule has 124 valence electrons. The second-order valence-corrected chi connectivity index (χ2v) is 5.99. The van der Waals surface area contributed by atoms with E-state index in [9.17, 15) is 4.79 Å². The number of carbonyl (C=O) groups is 1. The lowest BCUT2D eigenvalue weighted by molar-refractivity contribution is 0.130. The van der Waals surface area contributed by atoms with Gasteiger partial charge in [0, 0.05) is 12.1 Å². The third kappa shape index (κ3) is 3.92. The predicted octanol–water partition coefficient (Wildman–Crippen LogP) is 2.70. The Hall–Kier alpha value is -2.28. The zero-order valence-corrected chi connectivity index (χ0v) is 13.5. The van der Waals surface area contributed by atoms with Gasteiger partial charge in [0.25, 0.3) is 0 Å². The van der Waals surface area contributed by atoms with Gasteiger partial charge in [0.2, 0.25) is 0 Å². The van der Waals surface area contributed by atoms with Crippen LogP contribution in [0.1, 0.15) is 24.4 Å². The summed E-state index contributed by atoms with van der Waals surface area (Å²) in [5.74, 6) is 1.87. The Labute approximate surface area is 135 Å². The highest BCUT2D eigenvalue weighted by molar-refractivity contribution is 5.88. The first-order valence-electron chi connectivity index (χ1n) is 7.83. The first kappa shape index (κ1) is 15.6. The van der Waals surface area contributed by atoms with Crippen LogP contribution >= 0.6 is 0 Å². The van der Waals surface area contributed by atoms with E-state index in [1.165, 1.54) is 0 Å². The normalized spacial score (nSPS) is 16.4. The molecule has 0 atom stereocenters. The molecule has 23 heavy (non-hydrogen) atoms. The van der Waals surface area contributed by atoms with Crippen molar-refractivity contribution in [2.24, 2.45) is 0 Å². The molecule has 0 aliphatic carbocycles. The highest BCUT2D eigenvalue weighted by Crippen LogP contribution is 2.20. The van der Waals surface area contributed by atoms with E-state index in [0.29, 0.717) is 18.1 Å². The molecular formula is C16H22N4O3. The number of hydrogen-bond acceptors (Lipinski definition) is 5. The monoisotopic (exact) mass is 318 g/mol. The average Bonchev–Trinajstić information content (AvgIpc) is 3.17. The number of carbonyl (C=O) groups excluding carboxylic acids is 1. The number of rotatable bonds is 4. The Morgan fingerprint density at radius 1 is 1.48 bits per heavy atom. The first-order valence-corrected chi connectivity index (χ1v) is 7.83. The maximum atomic E-state index is 12.7. The number of nitrogens with zero attached hydrogens (tertiary/aromatic N) is 3. The number of amides is 2. The maximum absolute atomic E-state index is 12.7. The molecule has 0 aromatic carbocycles. The second-order valence-electron chi connectivity index (χ2n) is 5.99. The zero-order chi connectivity index (χ0) is 16.2. The Morgan fingerprint density at radius 2 is 2.26 bits per heavy atom. The number of likely N-dealkylation sites (tertiary alicyclic amines) is 1. The molecule has 1 saturated heterocycles. The van der Waals surface area contributed by atoms with Gasteiger partial charge in [-0.25, -0.2) is 4.79 Å². The van der Waals surface area contributed by atoms with Crippen molar-refractivity contribution in [2.45, 2.75) is 32.4 Å². The molecular weight excluding hydrogens is 296 g/mol. The minimum absolute atomic E-state index is 0.177. The van der Waals surface area contributed by atoms with Gasteiger partial charge in [-0.2, -0.15) is 0 Å². The first-order chi connectivity index (χ1) is 11.1. The Balaban J connectivity index is 1.72. The number of piperidine rings is 1. The van der Waals surface area contributed by atoms with Crippen LogP contribution in [0.25, 0.3) is 0 Å². The van der Waals surface area contributed by atoms with Crippen LogP contribution in [-0.2, 0) is 6.54 Å². The summed E-state index contributed by atoms with van der Waals surface area (Å²) < 4.78 is 10.4. The number of nitrogens with one attached hydrogen (secondary N) is 1. The summed E-state index contributed by atoms with van der Waals surface area (Å²) in [5, 5.41) is 6.64. The van der Waals surface area contributed by atoms with Gasteiger partial charge in [-0.1, -0.05) is 5.16 Å². The molecule has 0 unspecified atom stereocenters. The lowest BCUT2D eigenvalue weighted by Gasteiger charge is -2.36. The molecule has 2 aromatic rings. The summed E-state index contributed by atoms with van der Waals surface area (Å²) in [6.45, 7) is 4.20. The van der Waals surface area contributed by atoms with Crippen LogP contribution in [-0.4, -0.2) is 47.2 Å². The Morgan fingerprint density at radius 3 is 2.87 bits per heavy atom. The van der Waals surface area contributed by atoms with Crippen molar-refractivity contribution in [2.75, 3.05) is 25.5 Å². The molecule has 0 spiro atoms. The van der Waals surface area contributed by atoms with Crippen molar-refractivity contribution in [3.63, 3.8) is 0 Å². The van der Waals surface area contributed by atoms with E-state index < -0.39 is 0 Å². The number of hydrogen-bond donors (Lipinski definition) is 1. The van der Waals surface area contributed by atoms with Gasteiger partial charge in [0.1, 0.15) is 11.5 Å². The van der Waals surface area contributed by atoms with Crippen LogP contribution in [0.5, 0.6) is 0 Å². The summed E-state index contributed by atoms with van der Waals surface area (Å²) in [5.41, 5.74) is 0. The topological polar surface area (TPSA) is 74.8 Å². The van der Waals surface area contributed by atoms with Crippen molar-refractivity contribution < 1.29 is 13.7 Å². The van der Waals surface area contributed by atoms with Gasteiger partial charge in [-0.15, -0.1) is 0 Å². The third-order valence-corrected chi connectivity index (χ3v) is 4.16. The van der Waals surface area contributed by atoms with Gasteiger partial charge in [-0.3, -0.25) is 5.32 Å². The lowest BCUT2D eigenvalue weighted by atomic mass is 10.0. The fraction of sp³-hybridized carbons (Fsp3) is 0.500. The van der Waals surface area contributed by atoms with Crippen molar-refractivity contribution >= 4 is 11.8 Å². The molecule has 0 radical (unpaired) electrons. The van der Waals surface area contributed by atoms with Gasteiger partial charge < -0.3 is 18.7 Å². The van der Waals surface area contributed by atoms with Crippen LogP contribution in [0, 0.1) is 6.92 Å². The maximum Gasteiger partial charge on any atom is 0.323 e. The van der Waals surface area contributed by atoms with Gasteiger partial charge >= 0.3 is 6.03 Å². The quantitative estimate of drug-likeness (QED) is 0.938. The summed E-state index contributed by atoms with van der Waals surface area (Å²) >= 11 is 0. The van der Waals surface area contributed by atoms with E-state index in [-0.39, 0.29) is 12.1 Å². The molecule has 0 saturated carbocycles. The predicted molar refractivity (Wildman–Crippen MR) is 85.0 cm³/mol. The highest BCUT2D eigenvalue weighted by atomic mass is 16.5. The molecule has 1 aliphatic rings. The van der Waals surface area contributed by atoms with E-state index in [1.807, 2.05) is 17.0 Å². The van der Waals surface area contributed by atoms with E-state index in [1.54, 1.807) is 19.3 Å². The smallest absolute Gasteiger partial charge is 0.323 e. The minimum atomic E-state index is -0.177. The van der Waals surface area contributed by atoms with Gasteiger partial charge in [0.05, 0.1) is 12.8 Å². The molecule has 1 fully saturated rings. The lowest BCUT2D eigenvalue weighted by Crippen LogP contribution is -2.47. The van der Waals surface area contributed by atoms with Crippen LogP contribution in [0.3, 0.4) is 0 Å². The molecule has 0 bridgehead atoms. The standard InChI is InChI=1S/C16H22N4O3/c1-12-10-15(18-23-12)17-16(21)20(11-14-4-3-9-22-14)13-5-7-19(2)8-6-13/h3-4,9-10,13H,5-8,11H2,1-2H3,(H,17,18,21). The molecule has 3 rings (SSSR count). The van der Waals surface area contributed by atoms with Crippen LogP contribution in [0.2, 0.25) is 0 Å². The number of anilines is 1. The summed E-state index contributed by atoms with van der Waals surface area (Å²) in [7, 11) is 2.10. The minimum Gasteiger partial charge on any atom is -0.467 e. The van der Waals surface area contributed by atoms with E-state index in [0.717, 1.165) is 31.7 Å². The van der Waals surface area contributed by atoms with Crippen LogP contribution < -0.4 is 5.32 Å². The summed E-state index contributed by atoms with van der Waals surface area (Å²) in [4.78, 5) is 16.8. The molecule has 1 aliphatic heterocycles. The molecule has 2 aromatic heterocycles. The largest absolute Gasteiger partial charge is 0.467 e. The molecule has 3 heterocycles. The fourth-order valence-electron chi connectivity index (χ4n) is 2.85. The van der Waals surface area contributed by atoms with E-state index >= 15 is 0 Å². The van der Waals surface area contributed by atoms with E-state index in [4.69, 9.17) is 8.94 Å². The second kappa shape index (κ2) is 6.87. The molecule has 7 heteroatoms. The number of aryl methyl sites for hydroxylation is 1. The average molecular weight is 318 g/mol. The van der Waals surface area contributed by atoms with Crippen molar-refractivity contribution in [1.29, 1.82) is 0 Å². The van der Waals surface area contributed by atoms with Gasteiger partial charge in [-0.05, 0) is 52.0 Å². The third-order valence-electron chi connectivity index (χ3n) is 4.16. The summed E-state index contributed by atoms with van der Waals surface area (Å²) in [6, 6.07) is 5.43. The number of furan rings is 1. The highest BCUT2D eigenvalue weighted by Gasteiger charge is 2.28. The van der Waals surface area contributed by atoms with E-state index in [2.05, 4.69) is 22.4 Å². The van der Waals surface area contributed by atoms with Crippen LogP contribution in [0.4, 0.5) is 10.6 Å². The Bertz CT molecular complexity index is 630.